The smallest absolute Gasteiger partial charge is 0.301 e. The molecule has 1 atom stereocenters. The standard InChI is InChI=1S/C31H21F2N3O3S2/c1-17-9-10-20(15-24(17)33)27(37)25-26(19-11-13-22(32)14-12-19)36(29(39)28(25)38)30-34-35-31(41-30)40-16-21-7-4-6-18-5-2-3-8-23(18)21/h2-15,26,37H,16H2,1H3. The van der Waals surface area contributed by atoms with Crippen LogP contribution in [0.4, 0.5) is 13.9 Å². The first-order valence-corrected chi connectivity index (χ1v) is 14.4. The van der Waals surface area contributed by atoms with Gasteiger partial charge in [-0.3, -0.25) is 14.5 Å². The minimum Gasteiger partial charge on any atom is -0.507 e. The second-order valence-corrected chi connectivity index (χ2v) is 11.6. The number of ketones is 1. The van der Waals surface area contributed by atoms with Crippen LogP contribution in [0.15, 0.2) is 94.8 Å². The van der Waals surface area contributed by atoms with Crippen molar-refractivity contribution in [2.75, 3.05) is 4.90 Å². The quantitative estimate of drug-likeness (QED) is 0.0746. The summed E-state index contributed by atoms with van der Waals surface area (Å²) in [5.74, 6) is -2.88. The largest absolute Gasteiger partial charge is 0.507 e. The van der Waals surface area contributed by atoms with E-state index in [9.17, 15) is 23.5 Å². The lowest BCUT2D eigenvalue weighted by atomic mass is 9.95. The number of hydrogen-bond acceptors (Lipinski definition) is 7. The monoisotopic (exact) mass is 585 g/mol. The molecule has 0 saturated carbocycles. The highest BCUT2D eigenvalue weighted by atomic mass is 32.2. The van der Waals surface area contributed by atoms with Gasteiger partial charge in [-0.25, -0.2) is 8.78 Å². The zero-order chi connectivity index (χ0) is 28.7. The molecule has 1 N–H and O–H groups in total. The van der Waals surface area contributed by atoms with Crippen molar-refractivity contribution in [1.29, 1.82) is 0 Å². The Balaban J connectivity index is 1.37. The fourth-order valence-corrected chi connectivity index (χ4v) is 6.67. The highest BCUT2D eigenvalue weighted by molar-refractivity contribution is 8.00. The summed E-state index contributed by atoms with van der Waals surface area (Å²) in [5, 5.41) is 22.0. The average molecular weight is 586 g/mol. The van der Waals surface area contributed by atoms with E-state index in [1.165, 1.54) is 48.2 Å². The van der Waals surface area contributed by atoms with Crippen LogP contribution in [-0.2, 0) is 15.3 Å². The molecule has 1 aromatic heterocycles. The number of fused-ring (bicyclic) bond motifs is 1. The number of carbonyl (C=O) groups is 2. The number of hydrogen-bond donors (Lipinski definition) is 1. The Bertz CT molecular complexity index is 1850. The Kier molecular flexibility index (Phi) is 7.10. The van der Waals surface area contributed by atoms with Crippen molar-refractivity contribution >= 4 is 56.5 Å². The summed E-state index contributed by atoms with van der Waals surface area (Å²) in [6, 6.07) is 22.3. The van der Waals surface area contributed by atoms with E-state index in [1.807, 2.05) is 36.4 Å². The Morgan fingerprint density at radius 3 is 2.51 bits per heavy atom. The van der Waals surface area contributed by atoms with Crippen LogP contribution < -0.4 is 4.90 Å². The molecular weight excluding hydrogens is 564 g/mol. The second kappa shape index (κ2) is 10.9. The van der Waals surface area contributed by atoms with Crippen LogP contribution in [0.25, 0.3) is 16.5 Å². The zero-order valence-electron chi connectivity index (χ0n) is 21.5. The Labute approximate surface area is 242 Å². The molecule has 6 nitrogen and oxygen atoms in total. The van der Waals surface area contributed by atoms with E-state index in [1.54, 1.807) is 6.92 Å². The summed E-state index contributed by atoms with van der Waals surface area (Å²) in [6.07, 6.45) is 0. The molecule has 0 bridgehead atoms. The number of halogens is 2. The fraction of sp³-hybridized carbons (Fsp3) is 0.0968. The van der Waals surface area contributed by atoms with Crippen molar-refractivity contribution in [3.63, 3.8) is 0 Å². The van der Waals surface area contributed by atoms with Crippen LogP contribution in [-0.4, -0.2) is 27.0 Å². The topological polar surface area (TPSA) is 83.4 Å². The summed E-state index contributed by atoms with van der Waals surface area (Å²) >= 11 is 2.58. The molecule has 0 radical (unpaired) electrons. The number of thioether (sulfide) groups is 1. The van der Waals surface area contributed by atoms with Crippen molar-refractivity contribution in [3.05, 3.63) is 124 Å². The number of aliphatic hydroxyl groups excluding tert-OH is 1. The van der Waals surface area contributed by atoms with Crippen LogP contribution in [0.3, 0.4) is 0 Å². The maximum atomic E-state index is 14.3. The van der Waals surface area contributed by atoms with Gasteiger partial charge in [0.25, 0.3) is 5.78 Å². The van der Waals surface area contributed by atoms with Gasteiger partial charge in [0.1, 0.15) is 17.4 Å². The third kappa shape index (κ3) is 5.00. The highest BCUT2D eigenvalue weighted by Gasteiger charge is 2.48. The SMILES string of the molecule is Cc1ccc(C(O)=C2C(=O)C(=O)N(c3nnc(SCc4cccc5ccccc45)s3)C2c2ccc(F)cc2)cc1F. The van der Waals surface area contributed by atoms with Gasteiger partial charge in [-0.15, -0.1) is 10.2 Å². The van der Waals surface area contributed by atoms with E-state index < -0.39 is 35.1 Å². The van der Waals surface area contributed by atoms with Crippen molar-refractivity contribution in [3.8, 4) is 0 Å². The van der Waals surface area contributed by atoms with E-state index in [0.717, 1.165) is 38.6 Å². The first kappa shape index (κ1) is 26.8. The molecule has 6 rings (SSSR count). The predicted octanol–water partition coefficient (Wildman–Crippen LogP) is 7.20. The van der Waals surface area contributed by atoms with Gasteiger partial charge >= 0.3 is 5.91 Å². The molecule has 1 aliphatic rings. The van der Waals surface area contributed by atoms with Gasteiger partial charge in [0, 0.05) is 11.3 Å². The van der Waals surface area contributed by atoms with Gasteiger partial charge in [-0.2, -0.15) is 0 Å². The first-order chi connectivity index (χ1) is 19.8. The van der Waals surface area contributed by atoms with Gasteiger partial charge in [0.15, 0.2) is 4.34 Å². The number of nitrogens with zero attached hydrogens (tertiary/aromatic N) is 3. The van der Waals surface area contributed by atoms with Crippen molar-refractivity contribution < 1.29 is 23.5 Å². The molecule has 4 aromatic carbocycles. The van der Waals surface area contributed by atoms with Gasteiger partial charge < -0.3 is 5.11 Å². The lowest BCUT2D eigenvalue weighted by Gasteiger charge is -2.22. The number of aliphatic hydroxyl groups is 1. The van der Waals surface area contributed by atoms with E-state index >= 15 is 0 Å². The molecule has 1 fully saturated rings. The number of carbonyl (C=O) groups excluding carboxylic acids is 2. The normalized spacial score (nSPS) is 16.6. The van der Waals surface area contributed by atoms with Crippen LogP contribution >= 0.6 is 23.1 Å². The molecule has 1 aliphatic heterocycles. The molecular formula is C31H21F2N3O3S2. The number of benzene rings is 4. The van der Waals surface area contributed by atoms with Gasteiger partial charge in [-0.1, -0.05) is 89.8 Å². The Morgan fingerprint density at radius 2 is 1.73 bits per heavy atom. The molecule has 41 heavy (non-hydrogen) atoms. The average Bonchev–Trinajstić information content (AvgIpc) is 3.55. The summed E-state index contributed by atoms with van der Waals surface area (Å²) in [4.78, 5) is 27.9. The maximum absolute atomic E-state index is 14.3. The van der Waals surface area contributed by atoms with E-state index in [2.05, 4.69) is 16.3 Å². The minimum absolute atomic E-state index is 0.0433. The molecule has 2 heterocycles. The number of aromatic nitrogens is 2. The number of anilines is 1. The number of Topliss-reactive ketones (excluding diaryl/α,β-unsaturated/α-hetero) is 1. The molecule has 1 amide bonds. The van der Waals surface area contributed by atoms with Crippen LogP contribution in [0.1, 0.15) is 28.3 Å². The summed E-state index contributed by atoms with van der Waals surface area (Å²) in [5.41, 5.74) is 1.65. The minimum atomic E-state index is -1.12. The molecule has 0 spiro atoms. The third-order valence-electron chi connectivity index (χ3n) is 6.91. The Hall–Kier alpha value is -4.41. The number of aryl methyl sites for hydroxylation is 1. The molecule has 1 saturated heterocycles. The van der Waals surface area contributed by atoms with E-state index in [-0.39, 0.29) is 16.3 Å². The zero-order valence-corrected chi connectivity index (χ0v) is 23.2. The van der Waals surface area contributed by atoms with Gasteiger partial charge in [0.2, 0.25) is 5.13 Å². The number of amides is 1. The van der Waals surface area contributed by atoms with E-state index in [0.29, 0.717) is 21.2 Å². The van der Waals surface area contributed by atoms with Crippen molar-refractivity contribution in [2.24, 2.45) is 0 Å². The van der Waals surface area contributed by atoms with Crippen LogP contribution in [0.2, 0.25) is 0 Å². The lowest BCUT2D eigenvalue weighted by molar-refractivity contribution is -0.132. The molecule has 10 heteroatoms. The number of rotatable bonds is 6. The van der Waals surface area contributed by atoms with Crippen LogP contribution in [0.5, 0.6) is 0 Å². The van der Waals surface area contributed by atoms with E-state index in [4.69, 9.17) is 0 Å². The molecule has 204 valence electrons. The van der Waals surface area contributed by atoms with Gasteiger partial charge in [0.05, 0.1) is 11.6 Å². The molecule has 1 unspecified atom stereocenters. The van der Waals surface area contributed by atoms with Gasteiger partial charge in [-0.05, 0) is 52.6 Å². The second-order valence-electron chi connectivity index (χ2n) is 9.46. The lowest BCUT2D eigenvalue weighted by Crippen LogP contribution is -2.29. The van der Waals surface area contributed by atoms with Crippen LogP contribution in [0, 0.1) is 18.6 Å². The maximum Gasteiger partial charge on any atom is 0.301 e. The summed E-state index contributed by atoms with van der Waals surface area (Å²) < 4.78 is 28.7. The highest BCUT2D eigenvalue weighted by Crippen LogP contribution is 2.44. The summed E-state index contributed by atoms with van der Waals surface area (Å²) in [6.45, 7) is 1.57. The van der Waals surface area contributed by atoms with Crippen molar-refractivity contribution in [2.45, 2.75) is 23.1 Å². The molecule has 0 aliphatic carbocycles. The molecule has 5 aromatic rings. The predicted molar refractivity (Wildman–Crippen MR) is 156 cm³/mol. The third-order valence-corrected chi connectivity index (χ3v) is 9.01. The summed E-state index contributed by atoms with van der Waals surface area (Å²) in [7, 11) is 0. The Morgan fingerprint density at radius 1 is 0.976 bits per heavy atom. The fourth-order valence-electron chi connectivity index (χ4n) is 4.80. The first-order valence-electron chi connectivity index (χ1n) is 12.6. The van der Waals surface area contributed by atoms with Crippen molar-refractivity contribution in [1.82, 2.24) is 10.2 Å².